The van der Waals surface area contributed by atoms with E-state index in [0.717, 1.165) is 121 Å². The lowest BCUT2D eigenvalue weighted by molar-refractivity contribution is -0.120. The standard InChI is InChI=1S/C23H34N4O2.C23H34N4O.C21H28N4O2/c1-17(2)29-21-7-6-18(16-19(21)23(3,4)5)20-8-9-24-22(25-20)27-12-10-26(11-13-27)14-15-28;1-15(2)28-21-11-6-16(14-19(21)23(3,4)5)20-12-13-25-22(27-20)26-18-9-7-17(24)8-10-18;1-14(2)27-18-7-6-15(12-16(18)21(3,4)5)17-8-9-23-20(24-17)25-11-10-22-19(26)13-25/h6-9,16-17,28H,10-15H2,1-5H3;6,11-15,17-18H,7-10,24H2,1-5H3,(H,25,26,27);6-9,12,14H,10-11,13H2,1-5H3,(H,22,26). The monoisotopic (exact) mass is 1150 g/mol. The van der Waals surface area contributed by atoms with Crippen LogP contribution >= 0.6 is 0 Å². The molecule has 9 rings (SSSR count). The Labute approximate surface area is 501 Å². The van der Waals surface area contributed by atoms with Crippen LogP contribution in [-0.4, -0.2) is 135 Å². The summed E-state index contributed by atoms with van der Waals surface area (Å²) in [5.41, 5.74) is 15.3. The lowest BCUT2D eigenvalue weighted by Gasteiger charge is -2.34. The third-order valence-electron chi connectivity index (χ3n) is 14.8. The molecule has 2 aliphatic heterocycles. The van der Waals surface area contributed by atoms with Crippen molar-refractivity contribution in [3.05, 3.63) is 108 Å². The summed E-state index contributed by atoms with van der Waals surface area (Å²) >= 11 is 0. The van der Waals surface area contributed by atoms with Gasteiger partial charge in [-0.15, -0.1) is 0 Å². The third-order valence-corrected chi connectivity index (χ3v) is 14.8. The highest BCUT2D eigenvalue weighted by Gasteiger charge is 2.27. The first kappa shape index (κ1) is 64.6. The number of β-amino-alcohol motifs (C(OH)–C–C–N with tert-alkyl or cyclic N) is 1. The smallest absolute Gasteiger partial charge is 0.239 e. The van der Waals surface area contributed by atoms with Gasteiger partial charge in [0.25, 0.3) is 0 Å². The zero-order chi connectivity index (χ0) is 60.9. The highest BCUT2D eigenvalue weighted by atomic mass is 16.5. The van der Waals surface area contributed by atoms with Gasteiger partial charge in [0, 0.05) is 110 Å². The van der Waals surface area contributed by atoms with Crippen LogP contribution in [-0.2, 0) is 21.0 Å². The molecule has 5 heterocycles. The fourth-order valence-corrected chi connectivity index (χ4v) is 10.4. The number of rotatable bonds is 15. The van der Waals surface area contributed by atoms with Crippen LogP contribution in [0, 0.1) is 0 Å². The van der Waals surface area contributed by atoms with E-state index in [2.05, 4.69) is 168 Å². The highest BCUT2D eigenvalue weighted by molar-refractivity contribution is 5.82. The van der Waals surface area contributed by atoms with Crippen molar-refractivity contribution in [3.8, 4) is 51.0 Å². The zero-order valence-electron chi connectivity index (χ0n) is 52.9. The topological polar surface area (TPSA) is 202 Å². The number of nitrogens with zero attached hydrogens (tertiary/aromatic N) is 9. The molecular weight excluding hydrogens is 1050 g/mol. The average Bonchev–Trinajstić information content (AvgIpc) is 2.97. The Hall–Kier alpha value is -6.95. The van der Waals surface area contributed by atoms with E-state index in [1.165, 1.54) is 11.1 Å². The first-order valence-electron chi connectivity index (χ1n) is 30.3. The molecule has 0 spiro atoms. The van der Waals surface area contributed by atoms with Gasteiger partial charge in [-0.05, 0) is 156 Å². The Morgan fingerprint density at radius 1 is 0.571 bits per heavy atom. The minimum atomic E-state index is -0.0545. The number of anilines is 3. The second kappa shape index (κ2) is 28.8. The van der Waals surface area contributed by atoms with Gasteiger partial charge in [-0.3, -0.25) is 9.69 Å². The van der Waals surface area contributed by atoms with Crippen molar-refractivity contribution < 1.29 is 24.1 Å². The Balaban J connectivity index is 0.000000181. The van der Waals surface area contributed by atoms with Crippen LogP contribution in [0.3, 0.4) is 0 Å². The lowest BCUT2D eigenvalue weighted by atomic mass is 9.85. The van der Waals surface area contributed by atoms with Crippen molar-refractivity contribution in [2.24, 2.45) is 5.73 Å². The molecule has 3 aliphatic rings. The van der Waals surface area contributed by atoms with E-state index in [1.54, 1.807) is 6.20 Å². The first-order chi connectivity index (χ1) is 39.7. The molecule has 454 valence electrons. The summed E-state index contributed by atoms with van der Waals surface area (Å²) < 4.78 is 18.1. The number of ether oxygens (including phenoxy) is 3. The predicted octanol–water partition coefficient (Wildman–Crippen LogP) is 11.4. The van der Waals surface area contributed by atoms with Gasteiger partial charge >= 0.3 is 0 Å². The summed E-state index contributed by atoms with van der Waals surface area (Å²) in [5.74, 6) is 4.83. The largest absolute Gasteiger partial charge is 0.491 e. The molecule has 1 aliphatic carbocycles. The number of hydrogen-bond acceptors (Lipinski definition) is 16. The summed E-state index contributed by atoms with van der Waals surface area (Å²) in [5, 5.41) is 15.4. The highest BCUT2D eigenvalue weighted by Crippen LogP contribution is 2.39. The van der Waals surface area contributed by atoms with E-state index in [0.29, 0.717) is 37.1 Å². The molecule has 17 nitrogen and oxygen atoms in total. The van der Waals surface area contributed by atoms with Crippen molar-refractivity contribution >= 4 is 23.8 Å². The van der Waals surface area contributed by atoms with Gasteiger partial charge in [-0.2, -0.15) is 0 Å². The van der Waals surface area contributed by atoms with E-state index < -0.39 is 0 Å². The van der Waals surface area contributed by atoms with Crippen LogP contribution in [0.2, 0.25) is 0 Å². The molecule has 1 saturated carbocycles. The maximum Gasteiger partial charge on any atom is 0.239 e. The quantitative estimate of drug-likeness (QED) is 0.0755. The van der Waals surface area contributed by atoms with Crippen molar-refractivity contribution in [2.75, 3.05) is 74.1 Å². The van der Waals surface area contributed by atoms with Crippen LogP contribution in [0.4, 0.5) is 17.8 Å². The summed E-state index contributed by atoms with van der Waals surface area (Å²) in [6, 6.07) is 25.5. The molecule has 0 unspecified atom stereocenters. The Morgan fingerprint density at radius 3 is 1.39 bits per heavy atom. The number of aliphatic hydroxyl groups is 1. The molecule has 3 aromatic carbocycles. The van der Waals surface area contributed by atoms with Gasteiger partial charge in [0.05, 0.1) is 48.5 Å². The van der Waals surface area contributed by atoms with Crippen molar-refractivity contribution in [3.63, 3.8) is 0 Å². The summed E-state index contributed by atoms with van der Waals surface area (Å²) in [6.07, 6.45) is 10.1. The van der Waals surface area contributed by atoms with Gasteiger partial charge in [0.1, 0.15) is 17.2 Å². The Kier molecular flexibility index (Phi) is 22.1. The molecule has 3 fully saturated rings. The molecule has 6 aromatic rings. The molecule has 1 amide bonds. The lowest BCUT2D eigenvalue weighted by Crippen LogP contribution is -2.48. The number of aromatic nitrogens is 6. The van der Waals surface area contributed by atoms with Crippen molar-refractivity contribution in [2.45, 2.75) is 176 Å². The maximum absolute atomic E-state index is 11.7. The summed E-state index contributed by atoms with van der Waals surface area (Å²) in [6.45, 7) is 38.2. The number of amides is 1. The predicted molar refractivity (Wildman–Crippen MR) is 341 cm³/mol. The van der Waals surface area contributed by atoms with Crippen molar-refractivity contribution in [1.29, 1.82) is 0 Å². The van der Waals surface area contributed by atoms with E-state index in [-0.39, 0.29) is 53.6 Å². The maximum atomic E-state index is 11.7. The molecule has 0 radical (unpaired) electrons. The fraction of sp³-hybridized carbons (Fsp3) is 0.537. The summed E-state index contributed by atoms with van der Waals surface area (Å²) in [4.78, 5) is 45.7. The molecule has 0 bridgehead atoms. The number of piperazine rings is 2. The van der Waals surface area contributed by atoms with Gasteiger partial charge in [0.15, 0.2) is 0 Å². The Bertz CT molecular complexity index is 3080. The molecular formula is C67H96N12O5. The minimum absolute atomic E-state index is 0.000425. The zero-order valence-corrected chi connectivity index (χ0v) is 52.9. The molecule has 5 N–H and O–H groups in total. The Morgan fingerprint density at radius 2 is 0.988 bits per heavy atom. The van der Waals surface area contributed by atoms with E-state index >= 15 is 0 Å². The second-order valence-electron chi connectivity index (χ2n) is 26.2. The van der Waals surface area contributed by atoms with E-state index in [1.807, 2.05) is 61.5 Å². The number of hydrogen-bond donors (Lipinski definition) is 4. The van der Waals surface area contributed by atoms with Crippen LogP contribution in [0.25, 0.3) is 33.8 Å². The number of nitrogens with two attached hydrogens (primary N) is 1. The molecule has 84 heavy (non-hydrogen) atoms. The number of nitrogens with one attached hydrogen (secondary N) is 2. The van der Waals surface area contributed by atoms with Gasteiger partial charge < -0.3 is 45.5 Å². The average molecular weight is 1150 g/mol. The number of carbonyl (C=O) groups is 1. The normalized spacial score (nSPS) is 17.0. The van der Waals surface area contributed by atoms with Crippen LogP contribution in [0.15, 0.2) is 91.4 Å². The third kappa shape index (κ3) is 18.5. The van der Waals surface area contributed by atoms with Gasteiger partial charge in [0.2, 0.25) is 23.8 Å². The SMILES string of the molecule is CC(C)Oc1ccc(-c2ccnc(N3CCN(CCO)CC3)n2)cc1C(C)(C)C.CC(C)Oc1ccc(-c2ccnc(N3CCNC(=O)C3)n2)cc1C(C)(C)C.CC(C)Oc1ccc(-c2ccnc(NC3CCC(N)CC3)n2)cc1C(C)(C)C. The van der Waals surface area contributed by atoms with Crippen LogP contribution < -0.4 is 40.4 Å². The minimum Gasteiger partial charge on any atom is -0.491 e. The number of benzene rings is 3. The summed E-state index contributed by atoms with van der Waals surface area (Å²) in [7, 11) is 0. The molecule has 17 heteroatoms. The van der Waals surface area contributed by atoms with E-state index in [9.17, 15) is 4.79 Å². The molecule has 2 saturated heterocycles. The fourth-order valence-electron chi connectivity index (χ4n) is 10.4. The number of carbonyl (C=O) groups excluding carboxylic acids is 1. The molecule has 0 atom stereocenters. The molecule has 3 aromatic heterocycles. The first-order valence-corrected chi connectivity index (χ1v) is 30.3. The van der Waals surface area contributed by atoms with Gasteiger partial charge in [-0.1, -0.05) is 62.3 Å². The van der Waals surface area contributed by atoms with Crippen LogP contribution in [0.5, 0.6) is 17.2 Å². The number of aliphatic hydroxyl groups excluding tert-OH is 1. The van der Waals surface area contributed by atoms with Crippen molar-refractivity contribution in [1.82, 2.24) is 40.1 Å². The second-order valence-corrected chi connectivity index (χ2v) is 26.2. The van der Waals surface area contributed by atoms with Gasteiger partial charge in [-0.25, -0.2) is 29.9 Å². The van der Waals surface area contributed by atoms with E-state index in [4.69, 9.17) is 40.0 Å². The van der Waals surface area contributed by atoms with Crippen LogP contribution in [0.1, 0.15) is 146 Å².